The van der Waals surface area contributed by atoms with Gasteiger partial charge in [-0.2, -0.15) is 0 Å². The van der Waals surface area contributed by atoms with Crippen LogP contribution in [0, 0.1) is 17.8 Å². The van der Waals surface area contributed by atoms with Crippen molar-refractivity contribution in [3.63, 3.8) is 0 Å². The summed E-state index contributed by atoms with van der Waals surface area (Å²) in [6, 6.07) is 0. The Morgan fingerprint density at radius 2 is 0.530 bits per heavy atom. The van der Waals surface area contributed by atoms with Gasteiger partial charge in [0.15, 0.2) is 6.10 Å². The van der Waals surface area contributed by atoms with Crippen LogP contribution in [-0.2, 0) is 28.6 Å². The SMILES string of the molecule is CCC(C)CCCCCCCCCCCCCCCCC(=O)OC[C@@H](COC(=O)CCCCCCCCCCCCCC(C)C)OC(=O)CCCCCCCCCCCCCCCC(C)C. The highest BCUT2D eigenvalue weighted by atomic mass is 16.6. The lowest BCUT2D eigenvalue weighted by Crippen LogP contribution is -2.30. The van der Waals surface area contributed by atoms with Gasteiger partial charge in [0.25, 0.3) is 0 Å². The quantitative estimate of drug-likeness (QED) is 0.0343. The third kappa shape index (κ3) is 51.8. The molecule has 0 radical (unpaired) electrons. The van der Waals surface area contributed by atoms with E-state index in [1.54, 1.807) is 0 Å². The summed E-state index contributed by atoms with van der Waals surface area (Å²) >= 11 is 0. The number of ether oxygens (including phenoxy) is 3. The van der Waals surface area contributed by atoms with E-state index in [2.05, 4.69) is 41.5 Å². The summed E-state index contributed by atoms with van der Waals surface area (Å²) in [6.07, 6.45) is 53.7. The fourth-order valence-corrected chi connectivity index (χ4v) is 9.14. The summed E-state index contributed by atoms with van der Waals surface area (Å²) in [5, 5.41) is 0. The van der Waals surface area contributed by atoms with Crippen molar-refractivity contribution in [3.05, 3.63) is 0 Å². The number of hydrogen-bond acceptors (Lipinski definition) is 6. The van der Waals surface area contributed by atoms with Crippen LogP contribution in [0.3, 0.4) is 0 Å². The highest BCUT2D eigenvalue weighted by Gasteiger charge is 2.19. The lowest BCUT2D eigenvalue weighted by Gasteiger charge is -2.18. The minimum atomic E-state index is -0.764. The molecule has 0 saturated heterocycles. The average molecular weight is 934 g/mol. The highest BCUT2D eigenvalue weighted by Crippen LogP contribution is 2.19. The number of carbonyl (C=O) groups is 3. The van der Waals surface area contributed by atoms with Crippen LogP contribution in [0.25, 0.3) is 0 Å². The predicted octanol–water partition coefficient (Wildman–Crippen LogP) is 19.5. The maximum absolute atomic E-state index is 12.9. The number of unbranched alkanes of at least 4 members (excludes halogenated alkanes) is 35. The van der Waals surface area contributed by atoms with Crippen molar-refractivity contribution in [2.24, 2.45) is 17.8 Å². The van der Waals surface area contributed by atoms with Crippen molar-refractivity contribution in [2.75, 3.05) is 13.2 Å². The number of hydrogen-bond donors (Lipinski definition) is 0. The van der Waals surface area contributed by atoms with Gasteiger partial charge in [-0.25, -0.2) is 0 Å². The van der Waals surface area contributed by atoms with Gasteiger partial charge in [0, 0.05) is 19.3 Å². The van der Waals surface area contributed by atoms with Gasteiger partial charge in [-0.05, 0) is 37.0 Å². The summed E-state index contributed by atoms with van der Waals surface area (Å²) in [6.45, 7) is 13.8. The lowest BCUT2D eigenvalue weighted by atomic mass is 9.99. The van der Waals surface area contributed by atoms with E-state index in [-0.39, 0.29) is 31.1 Å². The second kappa shape index (κ2) is 51.3. The molecule has 0 aliphatic carbocycles. The first-order valence-corrected chi connectivity index (χ1v) is 29.6. The Balaban J connectivity index is 4.30. The molecule has 1 unspecified atom stereocenters. The van der Waals surface area contributed by atoms with Crippen LogP contribution >= 0.6 is 0 Å². The van der Waals surface area contributed by atoms with E-state index in [4.69, 9.17) is 14.2 Å². The summed E-state index contributed by atoms with van der Waals surface area (Å²) < 4.78 is 16.9. The molecule has 0 aliphatic heterocycles. The van der Waals surface area contributed by atoms with Crippen LogP contribution in [0.1, 0.15) is 330 Å². The fourth-order valence-electron chi connectivity index (χ4n) is 9.14. The molecule has 2 atom stereocenters. The van der Waals surface area contributed by atoms with Crippen LogP contribution in [0.2, 0.25) is 0 Å². The van der Waals surface area contributed by atoms with E-state index < -0.39 is 6.10 Å². The minimum absolute atomic E-state index is 0.0633. The molecule has 6 nitrogen and oxygen atoms in total. The summed E-state index contributed by atoms with van der Waals surface area (Å²) in [5.41, 5.74) is 0. The number of carbonyl (C=O) groups excluding carboxylic acids is 3. The molecule has 0 saturated carbocycles. The van der Waals surface area contributed by atoms with Crippen LogP contribution in [0.5, 0.6) is 0 Å². The molecule has 0 fully saturated rings. The van der Waals surface area contributed by atoms with E-state index in [1.165, 1.54) is 212 Å². The molecular formula is C60H116O6. The van der Waals surface area contributed by atoms with Crippen LogP contribution in [0.4, 0.5) is 0 Å². The Kier molecular flexibility index (Phi) is 50.0. The number of rotatable bonds is 53. The van der Waals surface area contributed by atoms with Gasteiger partial charge in [-0.1, -0.05) is 292 Å². The smallest absolute Gasteiger partial charge is 0.306 e. The van der Waals surface area contributed by atoms with Crippen molar-refractivity contribution in [1.82, 2.24) is 0 Å². The Bertz CT molecular complexity index is 1020. The zero-order valence-corrected chi connectivity index (χ0v) is 45.5. The van der Waals surface area contributed by atoms with Gasteiger partial charge < -0.3 is 14.2 Å². The van der Waals surface area contributed by atoms with Crippen molar-refractivity contribution in [2.45, 2.75) is 337 Å². The minimum Gasteiger partial charge on any atom is -0.462 e. The monoisotopic (exact) mass is 933 g/mol. The first kappa shape index (κ1) is 64.4. The molecule has 0 bridgehead atoms. The van der Waals surface area contributed by atoms with Crippen molar-refractivity contribution in [3.8, 4) is 0 Å². The Morgan fingerprint density at radius 3 is 0.788 bits per heavy atom. The average Bonchev–Trinajstić information content (AvgIpc) is 3.29. The second-order valence-electron chi connectivity index (χ2n) is 21.8. The molecule has 0 spiro atoms. The predicted molar refractivity (Wildman–Crippen MR) is 284 cm³/mol. The molecule has 0 heterocycles. The van der Waals surface area contributed by atoms with Crippen molar-refractivity contribution < 1.29 is 28.6 Å². The Morgan fingerprint density at radius 1 is 0.303 bits per heavy atom. The molecule has 0 rings (SSSR count). The van der Waals surface area contributed by atoms with E-state index >= 15 is 0 Å². The normalized spacial score (nSPS) is 12.5. The molecule has 392 valence electrons. The largest absolute Gasteiger partial charge is 0.462 e. The maximum Gasteiger partial charge on any atom is 0.306 e. The Labute approximate surface area is 412 Å². The summed E-state index contributed by atoms with van der Waals surface area (Å²) in [4.78, 5) is 38.2. The van der Waals surface area contributed by atoms with E-state index in [0.717, 1.165) is 75.5 Å². The van der Waals surface area contributed by atoms with E-state index in [9.17, 15) is 14.4 Å². The standard InChI is InChI=1S/C60H116O6/c1-7-56(6)48-42-36-30-24-18-12-8-9-13-19-25-31-37-43-49-58(61)64-52-57(53-65-59(62)50-44-38-32-26-21-15-17-23-29-35-41-47-55(4)5)66-60(63)51-45-39-33-27-20-14-10-11-16-22-28-34-40-46-54(2)3/h54-57H,7-53H2,1-6H3/t56?,57-/m0/s1. The maximum atomic E-state index is 12.9. The van der Waals surface area contributed by atoms with Gasteiger partial charge in [-0.3, -0.25) is 14.4 Å². The highest BCUT2D eigenvalue weighted by molar-refractivity contribution is 5.71. The number of esters is 3. The zero-order chi connectivity index (χ0) is 48.4. The molecule has 0 aromatic rings. The molecule has 66 heavy (non-hydrogen) atoms. The van der Waals surface area contributed by atoms with Gasteiger partial charge in [-0.15, -0.1) is 0 Å². The molecule has 0 amide bonds. The van der Waals surface area contributed by atoms with Gasteiger partial charge in [0.1, 0.15) is 13.2 Å². The van der Waals surface area contributed by atoms with E-state index in [1.807, 2.05) is 0 Å². The zero-order valence-electron chi connectivity index (χ0n) is 45.5. The van der Waals surface area contributed by atoms with Crippen LogP contribution in [0.15, 0.2) is 0 Å². The third-order valence-corrected chi connectivity index (χ3v) is 14.0. The van der Waals surface area contributed by atoms with Crippen molar-refractivity contribution in [1.29, 1.82) is 0 Å². The first-order chi connectivity index (χ1) is 32.1. The molecule has 0 aromatic heterocycles. The summed E-state index contributed by atoms with van der Waals surface area (Å²) in [5.74, 6) is 1.72. The molecule has 0 N–H and O–H groups in total. The second-order valence-corrected chi connectivity index (χ2v) is 21.8. The van der Waals surface area contributed by atoms with Crippen LogP contribution < -0.4 is 0 Å². The Hall–Kier alpha value is -1.59. The molecular weight excluding hydrogens is 817 g/mol. The topological polar surface area (TPSA) is 78.9 Å². The lowest BCUT2D eigenvalue weighted by molar-refractivity contribution is -0.167. The van der Waals surface area contributed by atoms with Gasteiger partial charge in [0.05, 0.1) is 0 Å². The van der Waals surface area contributed by atoms with Crippen LogP contribution in [-0.4, -0.2) is 37.2 Å². The molecule has 0 aliphatic rings. The third-order valence-electron chi connectivity index (χ3n) is 14.0. The molecule has 0 aromatic carbocycles. The first-order valence-electron chi connectivity index (χ1n) is 29.6. The van der Waals surface area contributed by atoms with E-state index in [0.29, 0.717) is 19.3 Å². The van der Waals surface area contributed by atoms with Crippen molar-refractivity contribution >= 4 is 17.9 Å². The molecule has 6 heteroatoms. The van der Waals surface area contributed by atoms with Gasteiger partial charge in [0.2, 0.25) is 0 Å². The fraction of sp³-hybridized carbons (Fsp3) is 0.950. The summed E-state index contributed by atoms with van der Waals surface area (Å²) in [7, 11) is 0. The van der Waals surface area contributed by atoms with Gasteiger partial charge >= 0.3 is 17.9 Å².